The van der Waals surface area contributed by atoms with Crippen LogP contribution < -0.4 is 0 Å². The van der Waals surface area contributed by atoms with Gasteiger partial charge in [-0.2, -0.15) is 4.98 Å². The van der Waals surface area contributed by atoms with Crippen LogP contribution in [-0.2, 0) is 6.54 Å². The Kier molecular flexibility index (Phi) is 5.36. The molecular formula is C18H15Cl2N3O2. The zero-order valence-corrected chi connectivity index (χ0v) is 15.0. The highest BCUT2D eigenvalue weighted by atomic mass is 35.5. The van der Waals surface area contributed by atoms with E-state index in [4.69, 9.17) is 27.7 Å². The van der Waals surface area contributed by atoms with Crippen LogP contribution in [-0.4, -0.2) is 27.5 Å². The number of rotatable bonds is 5. The topological polar surface area (TPSA) is 59.2 Å². The Labute approximate surface area is 155 Å². The zero-order valence-electron chi connectivity index (χ0n) is 13.4. The molecule has 2 aromatic carbocycles. The standard InChI is InChI=1S/C18H15Cl2N3O2/c1-2-23(18(24)13-4-3-5-15(20)10-13)11-16-21-17(22-25-16)12-6-8-14(19)9-7-12/h3-10H,2,11H2,1H3. The van der Waals surface area contributed by atoms with Gasteiger partial charge in [-0.05, 0) is 49.4 Å². The van der Waals surface area contributed by atoms with Gasteiger partial charge in [0.15, 0.2) is 0 Å². The van der Waals surface area contributed by atoms with Gasteiger partial charge in [0.2, 0.25) is 11.7 Å². The maximum Gasteiger partial charge on any atom is 0.254 e. The van der Waals surface area contributed by atoms with E-state index in [9.17, 15) is 4.79 Å². The Hall–Kier alpha value is -2.37. The molecule has 3 aromatic rings. The molecular weight excluding hydrogens is 361 g/mol. The van der Waals surface area contributed by atoms with Crippen LogP contribution in [0.1, 0.15) is 23.2 Å². The molecule has 1 aromatic heterocycles. The first kappa shape index (κ1) is 17.5. The molecule has 0 saturated heterocycles. The highest BCUT2D eigenvalue weighted by Crippen LogP contribution is 2.20. The second-order valence-corrected chi connectivity index (χ2v) is 6.22. The largest absolute Gasteiger partial charge is 0.337 e. The van der Waals surface area contributed by atoms with E-state index in [0.29, 0.717) is 33.9 Å². The minimum atomic E-state index is -0.142. The van der Waals surface area contributed by atoms with Gasteiger partial charge in [-0.15, -0.1) is 0 Å². The second kappa shape index (κ2) is 7.68. The normalized spacial score (nSPS) is 10.7. The lowest BCUT2D eigenvalue weighted by molar-refractivity contribution is 0.0734. The van der Waals surface area contributed by atoms with Crippen LogP contribution >= 0.6 is 23.2 Å². The van der Waals surface area contributed by atoms with E-state index in [-0.39, 0.29) is 12.5 Å². The molecule has 0 saturated carbocycles. The third-order valence-corrected chi connectivity index (χ3v) is 4.12. The van der Waals surface area contributed by atoms with Crippen LogP contribution in [0.25, 0.3) is 11.4 Å². The Bertz CT molecular complexity index is 878. The number of halogens is 2. The number of nitrogens with zero attached hydrogens (tertiary/aromatic N) is 3. The van der Waals surface area contributed by atoms with Crippen LogP contribution in [0.3, 0.4) is 0 Å². The maximum atomic E-state index is 12.6. The van der Waals surface area contributed by atoms with E-state index >= 15 is 0 Å². The van der Waals surface area contributed by atoms with Crippen LogP contribution in [0, 0.1) is 0 Å². The number of carbonyl (C=O) groups is 1. The van der Waals surface area contributed by atoms with E-state index in [1.165, 1.54) is 0 Å². The first-order valence-electron chi connectivity index (χ1n) is 7.70. The van der Waals surface area contributed by atoms with Crippen molar-refractivity contribution >= 4 is 29.1 Å². The minimum absolute atomic E-state index is 0.142. The average Bonchev–Trinajstić information content (AvgIpc) is 3.08. The molecule has 7 heteroatoms. The Morgan fingerprint density at radius 1 is 1.12 bits per heavy atom. The van der Waals surface area contributed by atoms with Gasteiger partial charge >= 0.3 is 0 Å². The first-order valence-corrected chi connectivity index (χ1v) is 8.45. The summed E-state index contributed by atoms with van der Waals surface area (Å²) in [6, 6.07) is 14.0. The number of amides is 1. The monoisotopic (exact) mass is 375 g/mol. The molecule has 0 spiro atoms. The number of hydrogen-bond donors (Lipinski definition) is 0. The fraction of sp³-hybridized carbons (Fsp3) is 0.167. The van der Waals surface area contributed by atoms with E-state index in [1.54, 1.807) is 41.3 Å². The van der Waals surface area contributed by atoms with E-state index < -0.39 is 0 Å². The van der Waals surface area contributed by atoms with Gasteiger partial charge < -0.3 is 9.42 Å². The summed E-state index contributed by atoms with van der Waals surface area (Å²) in [5.74, 6) is 0.677. The summed E-state index contributed by atoms with van der Waals surface area (Å²) in [4.78, 5) is 18.6. The van der Waals surface area contributed by atoms with Gasteiger partial charge in [-0.3, -0.25) is 4.79 Å². The molecule has 0 unspecified atom stereocenters. The average molecular weight is 376 g/mol. The number of carbonyl (C=O) groups excluding carboxylic acids is 1. The lowest BCUT2D eigenvalue weighted by atomic mass is 10.2. The molecule has 0 radical (unpaired) electrons. The number of hydrogen-bond acceptors (Lipinski definition) is 4. The summed E-state index contributed by atoms with van der Waals surface area (Å²) in [6.07, 6.45) is 0. The predicted octanol–water partition coefficient (Wildman–Crippen LogP) is 4.71. The van der Waals surface area contributed by atoms with Crippen molar-refractivity contribution < 1.29 is 9.32 Å². The van der Waals surface area contributed by atoms with Gasteiger partial charge in [-0.1, -0.05) is 34.4 Å². The highest BCUT2D eigenvalue weighted by molar-refractivity contribution is 6.31. The highest BCUT2D eigenvalue weighted by Gasteiger charge is 2.18. The van der Waals surface area contributed by atoms with E-state index in [0.717, 1.165) is 5.56 Å². The molecule has 0 aliphatic heterocycles. The third kappa shape index (κ3) is 4.18. The number of benzene rings is 2. The fourth-order valence-electron chi connectivity index (χ4n) is 2.33. The lowest BCUT2D eigenvalue weighted by Gasteiger charge is -2.18. The molecule has 1 amide bonds. The molecule has 25 heavy (non-hydrogen) atoms. The van der Waals surface area contributed by atoms with Crippen LogP contribution in [0.5, 0.6) is 0 Å². The van der Waals surface area contributed by atoms with Gasteiger partial charge in [-0.25, -0.2) is 0 Å². The van der Waals surface area contributed by atoms with Crippen molar-refractivity contribution in [3.8, 4) is 11.4 Å². The molecule has 128 valence electrons. The summed E-state index contributed by atoms with van der Waals surface area (Å²) in [7, 11) is 0. The van der Waals surface area contributed by atoms with Gasteiger partial charge in [0.25, 0.3) is 5.91 Å². The molecule has 0 N–H and O–H groups in total. The molecule has 5 nitrogen and oxygen atoms in total. The van der Waals surface area contributed by atoms with Crippen LogP contribution in [0.4, 0.5) is 0 Å². The van der Waals surface area contributed by atoms with Crippen molar-refractivity contribution in [2.24, 2.45) is 0 Å². The smallest absolute Gasteiger partial charge is 0.254 e. The quantitative estimate of drug-likeness (QED) is 0.647. The maximum absolute atomic E-state index is 12.6. The Morgan fingerprint density at radius 2 is 1.88 bits per heavy atom. The summed E-state index contributed by atoms with van der Waals surface area (Å²) < 4.78 is 5.28. The molecule has 3 rings (SSSR count). The molecule has 0 atom stereocenters. The Balaban J connectivity index is 1.76. The SMILES string of the molecule is CCN(Cc1nc(-c2ccc(Cl)cc2)no1)C(=O)c1cccc(Cl)c1. The fourth-order valence-corrected chi connectivity index (χ4v) is 2.65. The minimum Gasteiger partial charge on any atom is -0.337 e. The van der Waals surface area contributed by atoms with Gasteiger partial charge in [0.05, 0.1) is 0 Å². The molecule has 0 bridgehead atoms. The molecule has 0 fully saturated rings. The number of aromatic nitrogens is 2. The summed E-state index contributed by atoms with van der Waals surface area (Å²) >= 11 is 11.8. The lowest BCUT2D eigenvalue weighted by Crippen LogP contribution is -2.30. The zero-order chi connectivity index (χ0) is 17.8. The molecule has 0 aliphatic rings. The van der Waals surface area contributed by atoms with Gasteiger partial charge in [0.1, 0.15) is 6.54 Å². The summed E-state index contributed by atoms with van der Waals surface area (Å²) in [5.41, 5.74) is 1.32. The first-order chi connectivity index (χ1) is 12.1. The predicted molar refractivity (Wildman–Crippen MR) is 96.6 cm³/mol. The Morgan fingerprint density at radius 3 is 2.56 bits per heavy atom. The van der Waals surface area contributed by atoms with Crippen molar-refractivity contribution in [2.75, 3.05) is 6.54 Å². The van der Waals surface area contributed by atoms with E-state index in [1.807, 2.05) is 19.1 Å². The van der Waals surface area contributed by atoms with Crippen molar-refractivity contribution in [2.45, 2.75) is 13.5 Å². The summed E-state index contributed by atoms with van der Waals surface area (Å²) in [5, 5.41) is 5.12. The van der Waals surface area contributed by atoms with E-state index in [2.05, 4.69) is 10.1 Å². The van der Waals surface area contributed by atoms with Crippen molar-refractivity contribution in [1.82, 2.24) is 15.0 Å². The van der Waals surface area contributed by atoms with Gasteiger partial charge in [0, 0.05) is 27.7 Å². The summed E-state index contributed by atoms with van der Waals surface area (Å²) in [6.45, 7) is 2.62. The van der Waals surface area contributed by atoms with Crippen molar-refractivity contribution in [3.05, 3.63) is 70.0 Å². The third-order valence-electron chi connectivity index (χ3n) is 3.64. The van der Waals surface area contributed by atoms with Crippen LogP contribution in [0.15, 0.2) is 53.1 Å². The second-order valence-electron chi connectivity index (χ2n) is 5.35. The van der Waals surface area contributed by atoms with Crippen LogP contribution in [0.2, 0.25) is 10.0 Å². The van der Waals surface area contributed by atoms with Crippen molar-refractivity contribution in [1.29, 1.82) is 0 Å². The molecule has 1 heterocycles. The molecule has 0 aliphatic carbocycles. The van der Waals surface area contributed by atoms with Crippen molar-refractivity contribution in [3.63, 3.8) is 0 Å².